The smallest absolute Gasteiger partial charge is 0.0558 e. The van der Waals surface area contributed by atoms with Crippen LogP contribution < -0.4 is 0 Å². The summed E-state index contributed by atoms with van der Waals surface area (Å²) < 4.78 is 0. The monoisotopic (exact) mass is 235 g/mol. The van der Waals surface area contributed by atoms with Crippen molar-refractivity contribution in [3.63, 3.8) is 0 Å². The summed E-state index contributed by atoms with van der Waals surface area (Å²) in [6.07, 6.45) is 0. The highest BCUT2D eigenvalue weighted by molar-refractivity contribution is 5.37. The quantitative estimate of drug-likeness (QED) is 0.848. The van der Waals surface area contributed by atoms with Crippen molar-refractivity contribution < 1.29 is 5.11 Å². The molecule has 0 fully saturated rings. The molecular formula is C15H25NO. The SMILES string of the molecule is Cc1cc(C)c(CN(CCO)C(C)C)c(C)c1. The van der Waals surface area contributed by atoms with E-state index < -0.39 is 0 Å². The van der Waals surface area contributed by atoms with Crippen molar-refractivity contribution in [2.45, 2.75) is 47.2 Å². The minimum absolute atomic E-state index is 0.224. The average Bonchev–Trinajstić information content (AvgIpc) is 2.21. The van der Waals surface area contributed by atoms with Gasteiger partial charge in [0.25, 0.3) is 0 Å². The van der Waals surface area contributed by atoms with Gasteiger partial charge >= 0.3 is 0 Å². The van der Waals surface area contributed by atoms with Crippen LogP contribution in [0.4, 0.5) is 0 Å². The molecule has 2 heteroatoms. The summed E-state index contributed by atoms with van der Waals surface area (Å²) >= 11 is 0. The lowest BCUT2D eigenvalue weighted by atomic mass is 9.99. The molecule has 17 heavy (non-hydrogen) atoms. The van der Waals surface area contributed by atoms with Gasteiger partial charge in [-0.3, -0.25) is 4.90 Å². The summed E-state index contributed by atoms with van der Waals surface area (Å²) in [5.74, 6) is 0. The molecule has 0 aliphatic carbocycles. The number of benzene rings is 1. The summed E-state index contributed by atoms with van der Waals surface area (Å²) in [5, 5.41) is 9.10. The molecule has 96 valence electrons. The second kappa shape index (κ2) is 6.18. The average molecular weight is 235 g/mol. The molecule has 1 aromatic rings. The molecule has 0 bridgehead atoms. The lowest BCUT2D eigenvalue weighted by molar-refractivity contribution is 0.159. The van der Waals surface area contributed by atoms with Gasteiger partial charge in [-0.25, -0.2) is 0 Å². The van der Waals surface area contributed by atoms with E-state index in [1.807, 2.05) is 0 Å². The predicted molar refractivity (Wildman–Crippen MR) is 73.3 cm³/mol. The van der Waals surface area contributed by atoms with Gasteiger partial charge in [-0.05, 0) is 51.3 Å². The zero-order valence-electron chi connectivity index (χ0n) is 11.7. The fraction of sp³-hybridized carbons (Fsp3) is 0.600. The van der Waals surface area contributed by atoms with Gasteiger partial charge in [0, 0.05) is 19.1 Å². The van der Waals surface area contributed by atoms with E-state index in [4.69, 9.17) is 5.11 Å². The Morgan fingerprint density at radius 2 is 1.65 bits per heavy atom. The maximum absolute atomic E-state index is 9.10. The van der Waals surface area contributed by atoms with Crippen LogP contribution in [0.1, 0.15) is 36.1 Å². The number of aliphatic hydroxyl groups excluding tert-OH is 1. The molecule has 0 spiro atoms. The lowest BCUT2D eigenvalue weighted by Crippen LogP contribution is -2.33. The first kappa shape index (κ1) is 14.2. The van der Waals surface area contributed by atoms with Crippen LogP contribution in [0.2, 0.25) is 0 Å². The van der Waals surface area contributed by atoms with Crippen molar-refractivity contribution in [1.82, 2.24) is 4.90 Å². The summed E-state index contributed by atoms with van der Waals surface area (Å²) in [7, 11) is 0. The van der Waals surface area contributed by atoms with E-state index in [0.717, 1.165) is 13.1 Å². The first-order valence-corrected chi connectivity index (χ1v) is 6.37. The van der Waals surface area contributed by atoms with Gasteiger partial charge in [-0.1, -0.05) is 17.7 Å². The van der Waals surface area contributed by atoms with Crippen molar-refractivity contribution in [3.8, 4) is 0 Å². The van der Waals surface area contributed by atoms with Crippen molar-refractivity contribution in [2.24, 2.45) is 0 Å². The molecule has 0 aliphatic heterocycles. The van der Waals surface area contributed by atoms with Gasteiger partial charge in [-0.15, -0.1) is 0 Å². The first-order chi connectivity index (χ1) is 7.95. The normalized spacial score (nSPS) is 11.5. The number of aliphatic hydroxyl groups is 1. The van der Waals surface area contributed by atoms with Crippen LogP contribution in [0, 0.1) is 20.8 Å². The Hall–Kier alpha value is -0.860. The van der Waals surface area contributed by atoms with Crippen LogP contribution in [0.25, 0.3) is 0 Å². The van der Waals surface area contributed by atoms with E-state index in [-0.39, 0.29) is 6.61 Å². The summed E-state index contributed by atoms with van der Waals surface area (Å²) in [4.78, 5) is 2.31. The maximum Gasteiger partial charge on any atom is 0.0558 e. The molecule has 1 N–H and O–H groups in total. The van der Waals surface area contributed by atoms with Crippen molar-refractivity contribution in [3.05, 3.63) is 34.4 Å². The summed E-state index contributed by atoms with van der Waals surface area (Å²) in [5.41, 5.74) is 5.43. The Morgan fingerprint density at radius 1 is 1.12 bits per heavy atom. The molecule has 0 saturated carbocycles. The Bertz CT molecular complexity index is 348. The largest absolute Gasteiger partial charge is 0.395 e. The van der Waals surface area contributed by atoms with Gasteiger partial charge in [0.1, 0.15) is 0 Å². The summed E-state index contributed by atoms with van der Waals surface area (Å²) in [6, 6.07) is 4.93. The van der Waals surface area contributed by atoms with E-state index >= 15 is 0 Å². The highest BCUT2D eigenvalue weighted by Gasteiger charge is 2.12. The highest BCUT2D eigenvalue weighted by atomic mass is 16.3. The van der Waals surface area contributed by atoms with Crippen molar-refractivity contribution in [1.29, 1.82) is 0 Å². The molecule has 0 amide bonds. The molecular weight excluding hydrogens is 210 g/mol. The third kappa shape index (κ3) is 3.83. The number of aryl methyl sites for hydroxylation is 3. The number of hydrogen-bond acceptors (Lipinski definition) is 2. The Kier molecular flexibility index (Phi) is 5.16. The molecule has 0 atom stereocenters. The van der Waals surface area contributed by atoms with Gasteiger partial charge in [-0.2, -0.15) is 0 Å². The third-order valence-electron chi connectivity index (χ3n) is 3.32. The van der Waals surface area contributed by atoms with Crippen LogP contribution in [0.3, 0.4) is 0 Å². The van der Waals surface area contributed by atoms with E-state index in [9.17, 15) is 0 Å². The second-order valence-corrected chi connectivity index (χ2v) is 5.17. The van der Waals surface area contributed by atoms with Crippen LogP contribution in [-0.4, -0.2) is 29.2 Å². The van der Waals surface area contributed by atoms with Crippen LogP contribution in [-0.2, 0) is 6.54 Å². The minimum atomic E-state index is 0.224. The highest BCUT2D eigenvalue weighted by Crippen LogP contribution is 2.19. The van der Waals surface area contributed by atoms with Crippen LogP contribution in [0.15, 0.2) is 12.1 Å². The fourth-order valence-corrected chi connectivity index (χ4v) is 2.31. The van der Waals surface area contributed by atoms with E-state index in [1.54, 1.807) is 0 Å². The lowest BCUT2D eigenvalue weighted by Gasteiger charge is -2.27. The molecule has 0 unspecified atom stereocenters. The van der Waals surface area contributed by atoms with Gasteiger partial charge in [0.15, 0.2) is 0 Å². The predicted octanol–water partition coefficient (Wildman–Crippen LogP) is 2.81. The molecule has 2 nitrogen and oxygen atoms in total. The number of hydrogen-bond donors (Lipinski definition) is 1. The first-order valence-electron chi connectivity index (χ1n) is 6.37. The van der Waals surface area contributed by atoms with Gasteiger partial charge in [0.2, 0.25) is 0 Å². The number of rotatable bonds is 5. The molecule has 0 heterocycles. The second-order valence-electron chi connectivity index (χ2n) is 5.17. The molecule has 0 saturated heterocycles. The zero-order chi connectivity index (χ0) is 13.0. The van der Waals surface area contributed by atoms with Crippen LogP contribution in [0.5, 0.6) is 0 Å². The fourth-order valence-electron chi connectivity index (χ4n) is 2.31. The molecule has 0 aliphatic rings. The van der Waals surface area contributed by atoms with Gasteiger partial charge < -0.3 is 5.11 Å². The van der Waals surface area contributed by atoms with E-state index in [1.165, 1.54) is 22.3 Å². The topological polar surface area (TPSA) is 23.5 Å². The Labute approximate surface area is 105 Å². The summed E-state index contributed by atoms with van der Waals surface area (Å²) in [6.45, 7) is 12.7. The molecule has 1 rings (SSSR count). The standard InChI is InChI=1S/C15H25NO/c1-11(2)16(6-7-17)10-15-13(4)8-12(3)9-14(15)5/h8-9,11,17H,6-7,10H2,1-5H3. The van der Waals surface area contributed by atoms with Crippen LogP contribution >= 0.6 is 0 Å². The Morgan fingerprint density at radius 3 is 2.06 bits per heavy atom. The van der Waals surface area contributed by atoms with E-state index in [2.05, 4.69) is 51.7 Å². The molecule has 0 radical (unpaired) electrons. The Balaban J connectivity index is 2.93. The minimum Gasteiger partial charge on any atom is -0.395 e. The zero-order valence-corrected chi connectivity index (χ0v) is 11.7. The van der Waals surface area contributed by atoms with Crippen molar-refractivity contribution >= 4 is 0 Å². The molecule has 0 aromatic heterocycles. The maximum atomic E-state index is 9.10. The molecule has 1 aromatic carbocycles. The van der Waals surface area contributed by atoms with E-state index in [0.29, 0.717) is 6.04 Å². The third-order valence-corrected chi connectivity index (χ3v) is 3.32. The number of nitrogens with zero attached hydrogens (tertiary/aromatic N) is 1. The van der Waals surface area contributed by atoms with Crippen molar-refractivity contribution in [2.75, 3.05) is 13.2 Å². The van der Waals surface area contributed by atoms with Gasteiger partial charge in [0.05, 0.1) is 6.61 Å².